The summed E-state index contributed by atoms with van der Waals surface area (Å²) in [5, 5.41) is 4.93. The van der Waals surface area contributed by atoms with Crippen LogP contribution in [0.2, 0.25) is 15.8 Å². The van der Waals surface area contributed by atoms with Gasteiger partial charge in [0.25, 0.3) is 14.1 Å². The van der Waals surface area contributed by atoms with E-state index in [1.54, 1.807) is 35.1 Å². The molecule has 0 aromatic heterocycles. The first kappa shape index (κ1) is 19.5. The van der Waals surface area contributed by atoms with E-state index in [0.717, 1.165) is 17.8 Å². The highest BCUT2D eigenvalue weighted by Crippen LogP contribution is 2.31. The highest BCUT2D eigenvalue weighted by atomic mass is 27.2. The van der Waals surface area contributed by atoms with E-state index in [4.69, 9.17) is 0 Å². The van der Waals surface area contributed by atoms with E-state index in [1.165, 1.54) is 57.8 Å². The Balaban J connectivity index is 1.42. The predicted octanol–water partition coefficient (Wildman–Crippen LogP) is 7.72. The van der Waals surface area contributed by atoms with Gasteiger partial charge >= 0.3 is 0 Å². The van der Waals surface area contributed by atoms with Gasteiger partial charge in [-0.25, -0.2) is 0 Å². The normalized spacial score (nSPS) is 29.0. The fourth-order valence-corrected chi connectivity index (χ4v) is 8.90. The van der Waals surface area contributed by atoms with Gasteiger partial charge in [0.05, 0.1) is 0 Å². The Hall–Kier alpha value is -0.248. The third kappa shape index (κ3) is 7.48. The molecule has 0 saturated heterocycles. The Kier molecular flexibility index (Phi) is 8.95. The first-order chi connectivity index (χ1) is 12.4. The topological polar surface area (TPSA) is 0 Å². The van der Waals surface area contributed by atoms with Gasteiger partial charge in [0.2, 0.25) is 0 Å². The van der Waals surface area contributed by atoms with Crippen LogP contribution in [0.1, 0.15) is 77.0 Å². The van der Waals surface area contributed by atoms with Crippen LogP contribution in [0.3, 0.4) is 0 Å². The average Bonchev–Trinajstić information content (AvgIpc) is 2.70. The summed E-state index contributed by atoms with van der Waals surface area (Å²) in [6.07, 6.45) is 31.8. The summed E-state index contributed by atoms with van der Waals surface area (Å²) in [6.45, 7) is 0. The minimum Gasteiger partial charge on any atom is -0.0936 e. The molecule has 3 aliphatic carbocycles. The molecule has 0 fully saturated rings. The van der Waals surface area contributed by atoms with Gasteiger partial charge in [-0.2, -0.15) is 0 Å². The summed E-state index contributed by atoms with van der Waals surface area (Å²) < 4.78 is 0. The second-order valence-corrected chi connectivity index (χ2v) is 12.5. The maximum atomic E-state index is 2.45. The zero-order valence-electron chi connectivity index (χ0n) is 16.4. The van der Waals surface area contributed by atoms with Crippen LogP contribution < -0.4 is 0 Å². The number of hydrogen-bond acceptors (Lipinski definition) is 0. The monoisotopic (exact) mass is 354 g/mol. The quantitative estimate of drug-likeness (QED) is 0.294. The molecule has 0 saturated carbocycles. The molecular formula is C24H39Al. The molecular weight excluding hydrogens is 315 g/mol. The third-order valence-corrected chi connectivity index (χ3v) is 10.5. The summed E-state index contributed by atoms with van der Waals surface area (Å²) in [4.78, 5) is 0. The van der Waals surface area contributed by atoms with Crippen molar-refractivity contribution in [2.45, 2.75) is 92.9 Å². The Morgan fingerprint density at radius 3 is 1.16 bits per heavy atom. The van der Waals surface area contributed by atoms with E-state index in [-0.39, 0.29) is 0 Å². The highest BCUT2D eigenvalue weighted by Gasteiger charge is 2.23. The summed E-state index contributed by atoms with van der Waals surface area (Å²) in [5.74, 6) is 3.07. The summed E-state index contributed by atoms with van der Waals surface area (Å²) >= 11 is -0.519. The second-order valence-electron chi connectivity index (χ2n) is 9.05. The van der Waals surface area contributed by atoms with Crippen molar-refractivity contribution in [1.82, 2.24) is 0 Å². The number of hydrogen-bond donors (Lipinski definition) is 0. The molecule has 0 aromatic rings. The number of rotatable bonds is 9. The van der Waals surface area contributed by atoms with Crippen molar-refractivity contribution in [3.8, 4) is 0 Å². The maximum absolute atomic E-state index is 2.45. The van der Waals surface area contributed by atoms with Crippen molar-refractivity contribution in [3.05, 3.63) is 36.5 Å². The predicted molar refractivity (Wildman–Crippen MR) is 113 cm³/mol. The van der Waals surface area contributed by atoms with E-state index in [0.29, 0.717) is 0 Å². The third-order valence-electron chi connectivity index (χ3n) is 7.08. The van der Waals surface area contributed by atoms with Crippen LogP contribution in [-0.4, -0.2) is 14.1 Å². The standard InChI is InChI=1S/3C8H13.Al/c3*1-2-8-6-4-3-5-7-8;/h3*3-4,8H,1-2,5-7H2;. The lowest BCUT2D eigenvalue weighted by molar-refractivity contribution is 0.448. The molecule has 0 spiro atoms. The molecule has 25 heavy (non-hydrogen) atoms. The van der Waals surface area contributed by atoms with Crippen LogP contribution in [-0.2, 0) is 0 Å². The van der Waals surface area contributed by atoms with Gasteiger partial charge < -0.3 is 0 Å². The largest absolute Gasteiger partial charge is 0.261 e. The van der Waals surface area contributed by atoms with E-state index < -0.39 is 14.1 Å². The smallest absolute Gasteiger partial charge is 0.0936 e. The SMILES string of the molecule is C1=CCC(C[CH2][Al]([CH2]CC2CC=CCC2)[CH2]CC2CC=CCC2)CC1. The Bertz CT molecular complexity index is 380. The summed E-state index contributed by atoms with van der Waals surface area (Å²) in [7, 11) is 0. The van der Waals surface area contributed by atoms with E-state index >= 15 is 0 Å². The zero-order chi connectivity index (χ0) is 17.2. The van der Waals surface area contributed by atoms with Gasteiger partial charge in [-0.3, -0.25) is 0 Å². The molecule has 0 amide bonds. The maximum Gasteiger partial charge on any atom is 0.261 e. The molecule has 138 valence electrons. The van der Waals surface area contributed by atoms with Crippen molar-refractivity contribution in [3.63, 3.8) is 0 Å². The van der Waals surface area contributed by atoms with Gasteiger partial charge in [-0.15, -0.1) is 0 Å². The highest BCUT2D eigenvalue weighted by molar-refractivity contribution is 6.58. The molecule has 3 aliphatic rings. The van der Waals surface area contributed by atoms with Crippen molar-refractivity contribution < 1.29 is 0 Å². The Morgan fingerprint density at radius 1 is 0.520 bits per heavy atom. The van der Waals surface area contributed by atoms with Gasteiger partial charge in [-0.1, -0.05) is 71.6 Å². The minimum atomic E-state index is -0.519. The van der Waals surface area contributed by atoms with Crippen LogP contribution in [0.25, 0.3) is 0 Å². The molecule has 0 radical (unpaired) electrons. The lowest BCUT2D eigenvalue weighted by Crippen LogP contribution is -2.18. The van der Waals surface area contributed by atoms with Crippen molar-refractivity contribution in [2.24, 2.45) is 17.8 Å². The van der Waals surface area contributed by atoms with Crippen LogP contribution in [0.15, 0.2) is 36.5 Å². The molecule has 0 nitrogen and oxygen atoms in total. The van der Waals surface area contributed by atoms with Crippen molar-refractivity contribution in [2.75, 3.05) is 0 Å². The van der Waals surface area contributed by atoms with Gasteiger partial charge in [-0.05, 0) is 75.5 Å². The summed E-state index contributed by atoms with van der Waals surface area (Å²) in [6, 6.07) is 0. The zero-order valence-corrected chi connectivity index (χ0v) is 17.5. The molecule has 3 rings (SSSR count). The molecule has 3 atom stereocenters. The summed E-state index contributed by atoms with van der Waals surface area (Å²) in [5.41, 5.74) is 0. The molecule has 0 heterocycles. The molecule has 0 aliphatic heterocycles. The fraction of sp³-hybridized carbons (Fsp3) is 0.750. The van der Waals surface area contributed by atoms with Crippen LogP contribution in [0.5, 0.6) is 0 Å². The molecule has 0 aromatic carbocycles. The van der Waals surface area contributed by atoms with Crippen LogP contribution in [0.4, 0.5) is 0 Å². The molecule has 0 N–H and O–H groups in total. The first-order valence-electron chi connectivity index (χ1n) is 11.3. The molecule has 1 heteroatoms. The van der Waals surface area contributed by atoms with Crippen molar-refractivity contribution >= 4 is 14.1 Å². The Morgan fingerprint density at radius 2 is 0.880 bits per heavy atom. The van der Waals surface area contributed by atoms with Crippen molar-refractivity contribution in [1.29, 1.82) is 0 Å². The van der Waals surface area contributed by atoms with Crippen LogP contribution >= 0.6 is 0 Å². The molecule has 3 unspecified atom stereocenters. The first-order valence-corrected chi connectivity index (χ1v) is 13.8. The minimum absolute atomic E-state index is 0.519. The fourth-order valence-electron chi connectivity index (χ4n) is 5.20. The van der Waals surface area contributed by atoms with Crippen LogP contribution in [0, 0.1) is 17.8 Å². The van der Waals surface area contributed by atoms with Gasteiger partial charge in [0, 0.05) is 0 Å². The lowest BCUT2D eigenvalue weighted by Gasteiger charge is -2.24. The van der Waals surface area contributed by atoms with E-state index in [1.807, 2.05) is 0 Å². The van der Waals surface area contributed by atoms with Gasteiger partial charge in [0.1, 0.15) is 0 Å². The van der Waals surface area contributed by atoms with Gasteiger partial charge in [0.15, 0.2) is 0 Å². The average molecular weight is 355 g/mol. The second kappa shape index (κ2) is 11.5. The molecule has 0 bridgehead atoms. The Labute approximate surface area is 161 Å². The van der Waals surface area contributed by atoms with E-state index in [9.17, 15) is 0 Å². The number of allylic oxidation sites excluding steroid dienone is 6. The lowest BCUT2D eigenvalue weighted by atomic mass is 9.92. The van der Waals surface area contributed by atoms with E-state index in [2.05, 4.69) is 36.5 Å².